The third-order valence-corrected chi connectivity index (χ3v) is 14.9. The van der Waals surface area contributed by atoms with Gasteiger partial charge in [-0.1, -0.05) is 0 Å². The number of halogens is 2. The van der Waals surface area contributed by atoms with Crippen molar-refractivity contribution >= 4 is 4.21 Å². The Balaban J connectivity index is 0.00000228. The molecule has 194 valence electrons. The van der Waals surface area contributed by atoms with E-state index in [0.29, 0.717) is 9.54 Å². The SMILES string of the molecule is [CH2]=[Zr+2]([C]1=C(C)C(C(C)(C)C)=CC1C)[CH]1c2cc(C(C)(C)C)ccc2-c2ccc(C(C)(C)C)cc21.[Cl-].[Cl-]. The van der Waals surface area contributed by atoms with Crippen molar-refractivity contribution in [3.63, 3.8) is 0 Å². The number of benzene rings is 2. The van der Waals surface area contributed by atoms with Gasteiger partial charge in [0.2, 0.25) is 0 Å². The van der Waals surface area contributed by atoms with Crippen LogP contribution in [0.5, 0.6) is 0 Å². The number of hydrogen-bond donors (Lipinski definition) is 0. The third kappa shape index (κ3) is 5.51. The summed E-state index contributed by atoms with van der Waals surface area (Å²) >= 11 is -2.32. The first-order valence-electron chi connectivity index (χ1n) is 12.9. The van der Waals surface area contributed by atoms with Crippen LogP contribution in [0.15, 0.2) is 56.9 Å². The van der Waals surface area contributed by atoms with Crippen LogP contribution in [0.4, 0.5) is 0 Å². The van der Waals surface area contributed by atoms with E-state index in [9.17, 15) is 0 Å². The maximum atomic E-state index is 5.11. The van der Waals surface area contributed by atoms with Crippen molar-refractivity contribution in [2.75, 3.05) is 0 Å². The van der Waals surface area contributed by atoms with Crippen molar-refractivity contribution in [2.24, 2.45) is 11.3 Å². The van der Waals surface area contributed by atoms with Crippen LogP contribution < -0.4 is 24.8 Å². The van der Waals surface area contributed by atoms with Crippen molar-refractivity contribution in [2.45, 2.75) is 90.6 Å². The van der Waals surface area contributed by atoms with E-state index in [0.717, 1.165) is 0 Å². The van der Waals surface area contributed by atoms with E-state index in [-0.39, 0.29) is 41.1 Å². The molecule has 0 bridgehead atoms. The van der Waals surface area contributed by atoms with E-state index in [1.165, 1.54) is 22.3 Å². The van der Waals surface area contributed by atoms with E-state index in [4.69, 9.17) is 4.21 Å². The molecule has 0 spiro atoms. The van der Waals surface area contributed by atoms with Crippen LogP contribution in [0.1, 0.15) is 102 Å². The van der Waals surface area contributed by atoms with Crippen molar-refractivity contribution in [3.8, 4) is 11.1 Å². The van der Waals surface area contributed by atoms with E-state index in [1.54, 1.807) is 25.6 Å². The summed E-state index contributed by atoms with van der Waals surface area (Å²) in [6.07, 6.45) is 2.55. The standard InChI is InChI=1S/C21H25.C11H17.CH2.2ClH.Zr/c1-20(2,3)16-7-9-18-14(12-16)11-15-13-17(21(4,5)6)8-10-19(15)18;1-8-6-9(2)10(7-8)11(3,4)5;;;;/h7-13H,1-6H3;7-8H,1-5H3;1H2;2*1H;/q;;;;;+2/p-2. The molecule has 2 aliphatic carbocycles. The second-order valence-corrected chi connectivity index (χ2v) is 19.0. The molecule has 0 fully saturated rings. The molecular formula is C33H44Cl2Zr. The molecule has 2 aromatic carbocycles. The van der Waals surface area contributed by atoms with Gasteiger partial charge in [0.1, 0.15) is 0 Å². The molecule has 0 saturated heterocycles. The monoisotopic (exact) mass is 600 g/mol. The zero-order valence-electron chi connectivity index (χ0n) is 24.2. The maximum absolute atomic E-state index is 5.11. The second kappa shape index (κ2) is 10.4. The second-order valence-electron chi connectivity index (χ2n) is 13.7. The van der Waals surface area contributed by atoms with Crippen molar-refractivity contribution in [3.05, 3.63) is 79.2 Å². The predicted molar refractivity (Wildman–Crippen MR) is 148 cm³/mol. The van der Waals surface area contributed by atoms with Gasteiger partial charge >= 0.3 is 218 Å². The van der Waals surface area contributed by atoms with Crippen LogP contribution in [0, 0.1) is 11.3 Å². The zero-order valence-corrected chi connectivity index (χ0v) is 28.1. The van der Waals surface area contributed by atoms with E-state index >= 15 is 0 Å². The Morgan fingerprint density at radius 1 is 0.694 bits per heavy atom. The topological polar surface area (TPSA) is 0 Å². The molecule has 0 saturated carbocycles. The fourth-order valence-corrected chi connectivity index (χ4v) is 13.0. The number of hydrogen-bond acceptors (Lipinski definition) is 0. The van der Waals surface area contributed by atoms with Crippen LogP contribution in [0.3, 0.4) is 0 Å². The molecule has 0 N–H and O–H groups in total. The van der Waals surface area contributed by atoms with Gasteiger partial charge in [0, 0.05) is 0 Å². The fraction of sp³-hybridized carbons (Fsp3) is 0.485. The van der Waals surface area contributed by atoms with Crippen LogP contribution >= 0.6 is 0 Å². The van der Waals surface area contributed by atoms with E-state index in [1.807, 2.05) is 0 Å². The Morgan fingerprint density at radius 3 is 1.44 bits per heavy atom. The normalized spacial score (nSPS) is 17.5. The first-order chi connectivity index (χ1) is 15.5. The van der Waals surface area contributed by atoms with Crippen LogP contribution in [-0.4, -0.2) is 4.21 Å². The van der Waals surface area contributed by atoms with Gasteiger partial charge < -0.3 is 24.8 Å². The van der Waals surface area contributed by atoms with Crippen LogP contribution in [0.2, 0.25) is 0 Å². The minimum Gasteiger partial charge on any atom is -1.00 e. The summed E-state index contributed by atoms with van der Waals surface area (Å²) in [6.45, 7) is 25.9. The van der Waals surface area contributed by atoms with E-state index < -0.39 is 21.3 Å². The molecule has 0 aliphatic heterocycles. The summed E-state index contributed by atoms with van der Waals surface area (Å²) < 4.78 is 7.31. The minimum atomic E-state index is -2.32. The Labute approximate surface area is 241 Å². The third-order valence-electron chi connectivity index (χ3n) is 7.93. The minimum absolute atomic E-state index is 0. The van der Waals surface area contributed by atoms with Gasteiger partial charge in [-0.25, -0.2) is 0 Å². The van der Waals surface area contributed by atoms with Gasteiger partial charge in [0.25, 0.3) is 0 Å². The predicted octanol–water partition coefficient (Wildman–Crippen LogP) is 3.31. The molecule has 3 heteroatoms. The smallest absolute Gasteiger partial charge is 1.00 e. The molecule has 36 heavy (non-hydrogen) atoms. The summed E-state index contributed by atoms with van der Waals surface area (Å²) in [4.78, 5) is 0. The molecule has 4 rings (SSSR count). The maximum Gasteiger partial charge on any atom is -1.00 e. The quantitative estimate of drug-likeness (QED) is 0.495. The Bertz CT molecular complexity index is 1180. The largest absolute Gasteiger partial charge is 1.00 e. The molecule has 2 aliphatic rings. The average molecular weight is 603 g/mol. The van der Waals surface area contributed by atoms with Crippen molar-refractivity contribution in [1.29, 1.82) is 0 Å². The van der Waals surface area contributed by atoms with Gasteiger partial charge in [-0.15, -0.1) is 0 Å². The summed E-state index contributed by atoms with van der Waals surface area (Å²) in [7, 11) is 0. The van der Waals surface area contributed by atoms with Crippen LogP contribution in [0.25, 0.3) is 11.1 Å². The van der Waals surface area contributed by atoms with Gasteiger partial charge in [-0.2, -0.15) is 0 Å². The molecule has 2 aromatic rings. The molecule has 0 radical (unpaired) electrons. The number of rotatable bonds is 2. The molecule has 1 unspecified atom stereocenters. The van der Waals surface area contributed by atoms with Crippen LogP contribution in [-0.2, 0) is 32.1 Å². The summed E-state index contributed by atoms with van der Waals surface area (Å²) in [5.41, 5.74) is 12.5. The van der Waals surface area contributed by atoms with Crippen molar-refractivity contribution < 1.29 is 46.1 Å². The Hall–Kier alpha value is -0.747. The molecule has 0 nitrogen and oxygen atoms in total. The summed E-state index contributed by atoms with van der Waals surface area (Å²) in [6, 6.07) is 14.6. The van der Waals surface area contributed by atoms with Gasteiger partial charge in [0.05, 0.1) is 0 Å². The molecular weight excluding hydrogens is 558 g/mol. The Morgan fingerprint density at radius 2 is 1.11 bits per heavy atom. The molecule has 0 aromatic heterocycles. The summed E-state index contributed by atoms with van der Waals surface area (Å²) in [5, 5.41) is 0. The number of allylic oxidation sites excluding steroid dienone is 4. The zero-order chi connectivity index (χ0) is 25.4. The summed E-state index contributed by atoms with van der Waals surface area (Å²) in [5.74, 6) is 0.519. The fourth-order valence-electron chi connectivity index (χ4n) is 6.02. The first-order valence-corrected chi connectivity index (χ1v) is 17.3. The van der Waals surface area contributed by atoms with Crippen molar-refractivity contribution in [1.82, 2.24) is 0 Å². The Kier molecular flexibility index (Phi) is 9.12. The van der Waals surface area contributed by atoms with Gasteiger partial charge in [-0.05, 0) is 0 Å². The average Bonchev–Trinajstić information content (AvgIpc) is 3.19. The molecule has 0 amide bonds. The number of fused-ring (bicyclic) bond motifs is 3. The van der Waals surface area contributed by atoms with Gasteiger partial charge in [-0.3, -0.25) is 0 Å². The molecule has 1 atom stereocenters. The van der Waals surface area contributed by atoms with Gasteiger partial charge in [0.15, 0.2) is 0 Å². The van der Waals surface area contributed by atoms with E-state index in [2.05, 4.69) is 119 Å². The molecule has 0 heterocycles. The first kappa shape index (κ1) is 31.5.